The lowest BCUT2D eigenvalue weighted by molar-refractivity contribution is -0.120. The van der Waals surface area contributed by atoms with E-state index in [-0.39, 0.29) is 11.2 Å². The number of thioether (sulfide) groups is 1. The number of nitrogens with zero attached hydrogens (tertiary/aromatic N) is 1. The van der Waals surface area contributed by atoms with Crippen LogP contribution in [0.4, 0.5) is 0 Å². The molecule has 0 bridgehead atoms. The highest BCUT2D eigenvalue weighted by molar-refractivity contribution is 8.00. The average molecular weight is 411 g/mol. The Bertz CT molecular complexity index is 929. The van der Waals surface area contributed by atoms with Gasteiger partial charge in [0.05, 0.1) is 11.5 Å². The molecule has 1 amide bonds. The van der Waals surface area contributed by atoms with Gasteiger partial charge in [-0.3, -0.25) is 4.79 Å². The summed E-state index contributed by atoms with van der Waals surface area (Å²) in [5, 5.41) is 4.43. The van der Waals surface area contributed by atoms with Gasteiger partial charge in [0.25, 0.3) is 5.91 Å². The molecule has 0 spiro atoms. The number of benzene rings is 3. The van der Waals surface area contributed by atoms with Crippen LogP contribution < -0.4 is 10.2 Å². The van der Waals surface area contributed by atoms with E-state index in [9.17, 15) is 4.79 Å². The predicted molar refractivity (Wildman–Crippen MR) is 115 cm³/mol. The normalized spacial score (nSPS) is 11.9. The molecule has 3 aromatic carbocycles. The first-order chi connectivity index (χ1) is 13.6. The molecular formula is C22H19ClN2O2S. The van der Waals surface area contributed by atoms with Crippen molar-refractivity contribution in [1.82, 2.24) is 5.43 Å². The summed E-state index contributed by atoms with van der Waals surface area (Å²) in [7, 11) is 0. The number of ether oxygens (including phenoxy) is 1. The number of amides is 1. The Kier molecular flexibility index (Phi) is 7.12. The molecule has 3 rings (SSSR count). The number of nitrogens with one attached hydrogen (secondary N) is 1. The molecule has 0 saturated carbocycles. The molecule has 142 valence electrons. The van der Waals surface area contributed by atoms with Gasteiger partial charge in [0.1, 0.15) is 11.5 Å². The quantitative estimate of drug-likeness (QED) is 0.306. The summed E-state index contributed by atoms with van der Waals surface area (Å²) in [6, 6.07) is 24.4. The Hall–Kier alpha value is -2.76. The maximum absolute atomic E-state index is 12.2. The van der Waals surface area contributed by atoms with Gasteiger partial charge in [-0.2, -0.15) is 5.10 Å². The van der Waals surface area contributed by atoms with E-state index in [1.807, 2.05) is 73.7 Å². The molecule has 0 aromatic heterocycles. The van der Waals surface area contributed by atoms with E-state index >= 15 is 0 Å². The maximum Gasteiger partial charge on any atom is 0.253 e. The Morgan fingerprint density at radius 1 is 1.00 bits per heavy atom. The summed E-state index contributed by atoms with van der Waals surface area (Å²) < 4.78 is 5.75. The molecule has 0 aliphatic carbocycles. The lowest BCUT2D eigenvalue weighted by Crippen LogP contribution is -2.26. The van der Waals surface area contributed by atoms with Crippen LogP contribution in [0.5, 0.6) is 11.5 Å². The summed E-state index contributed by atoms with van der Waals surface area (Å²) in [4.78, 5) is 13.1. The second-order valence-corrected chi connectivity index (χ2v) is 7.78. The molecule has 4 nitrogen and oxygen atoms in total. The van der Waals surface area contributed by atoms with E-state index < -0.39 is 0 Å². The van der Waals surface area contributed by atoms with E-state index in [4.69, 9.17) is 16.3 Å². The van der Waals surface area contributed by atoms with Crippen LogP contribution in [0.1, 0.15) is 12.5 Å². The summed E-state index contributed by atoms with van der Waals surface area (Å²) >= 11 is 7.32. The summed E-state index contributed by atoms with van der Waals surface area (Å²) in [5.74, 6) is 1.35. The monoisotopic (exact) mass is 410 g/mol. The molecule has 1 atom stereocenters. The van der Waals surface area contributed by atoms with Crippen LogP contribution in [-0.2, 0) is 4.79 Å². The second-order valence-electron chi connectivity index (χ2n) is 5.93. The molecule has 0 saturated heterocycles. The predicted octanol–water partition coefficient (Wildman–Crippen LogP) is 5.76. The Morgan fingerprint density at radius 3 is 2.32 bits per heavy atom. The third-order valence-corrected chi connectivity index (χ3v) is 5.11. The highest BCUT2D eigenvalue weighted by atomic mass is 35.5. The van der Waals surface area contributed by atoms with E-state index in [2.05, 4.69) is 10.5 Å². The number of carbonyl (C=O) groups is 1. The lowest BCUT2D eigenvalue weighted by atomic mass is 10.2. The van der Waals surface area contributed by atoms with Crippen molar-refractivity contribution in [2.75, 3.05) is 0 Å². The second kappa shape index (κ2) is 9.97. The fraction of sp³-hybridized carbons (Fsp3) is 0.0909. The molecule has 0 radical (unpaired) electrons. The minimum Gasteiger partial charge on any atom is -0.457 e. The van der Waals surface area contributed by atoms with Gasteiger partial charge >= 0.3 is 0 Å². The zero-order valence-corrected chi connectivity index (χ0v) is 16.8. The van der Waals surface area contributed by atoms with Crippen LogP contribution in [-0.4, -0.2) is 17.4 Å². The number of hydrogen-bond donors (Lipinski definition) is 1. The molecule has 0 aliphatic rings. The van der Waals surface area contributed by atoms with Gasteiger partial charge in [-0.05, 0) is 73.2 Å². The van der Waals surface area contributed by atoms with E-state index in [1.54, 1.807) is 18.3 Å². The van der Waals surface area contributed by atoms with Crippen LogP contribution in [0.3, 0.4) is 0 Å². The van der Waals surface area contributed by atoms with Crippen LogP contribution >= 0.6 is 23.4 Å². The Balaban J connectivity index is 1.49. The van der Waals surface area contributed by atoms with Gasteiger partial charge in [0.15, 0.2) is 0 Å². The van der Waals surface area contributed by atoms with Gasteiger partial charge in [0, 0.05) is 9.92 Å². The molecule has 0 fully saturated rings. The van der Waals surface area contributed by atoms with E-state index in [1.165, 1.54) is 11.8 Å². The molecule has 1 N–H and O–H groups in total. The van der Waals surface area contributed by atoms with Crippen molar-refractivity contribution in [1.29, 1.82) is 0 Å². The Labute approximate surface area is 173 Å². The standard InChI is InChI=1S/C22H19ClN2O2S/c1-16(28-21-13-9-18(23)10-14-21)22(26)25-24-15-17-7-11-20(12-8-17)27-19-5-3-2-4-6-19/h2-16H,1H3,(H,25,26)/b24-15-/t16-/m0/s1. The van der Waals surface area contributed by atoms with Gasteiger partial charge < -0.3 is 4.74 Å². The number of hydrogen-bond acceptors (Lipinski definition) is 4. The van der Waals surface area contributed by atoms with E-state index in [0.717, 1.165) is 22.0 Å². The first-order valence-corrected chi connectivity index (χ1v) is 9.94. The van der Waals surface area contributed by atoms with Crippen molar-refractivity contribution in [3.8, 4) is 11.5 Å². The molecule has 6 heteroatoms. The van der Waals surface area contributed by atoms with Gasteiger partial charge in [-0.1, -0.05) is 29.8 Å². The maximum atomic E-state index is 12.2. The summed E-state index contributed by atoms with van der Waals surface area (Å²) in [6.45, 7) is 1.83. The van der Waals surface area contributed by atoms with Crippen molar-refractivity contribution < 1.29 is 9.53 Å². The van der Waals surface area contributed by atoms with Crippen molar-refractivity contribution in [3.63, 3.8) is 0 Å². The average Bonchev–Trinajstić information content (AvgIpc) is 2.71. The van der Waals surface area contributed by atoms with Gasteiger partial charge in [-0.25, -0.2) is 5.43 Å². The number of hydrazone groups is 1. The molecular weight excluding hydrogens is 392 g/mol. The largest absolute Gasteiger partial charge is 0.457 e. The number of carbonyl (C=O) groups excluding carboxylic acids is 1. The van der Waals surface area contributed by atoms with Gasteiger partial charge in [0.2, 0.25) is 0 Å². The third-order valence-electron chi connectivity index (χ3n) is 3.74. The first kappa shape index (κ1) is 20.0. The van der Waals surface area contributed by atoms with Crippen LogP contribution in [0.2, 0.25) is 5.02 Å². The number of rotatable bonds is 7. The van der Waals surface area contributed by atoms with Crippen molar-refractivity contribution in [2.45, 2.75) is 17.1 Å². The fourth-order valence-electron chi connectivity index (χ4n) is 2.28. The van der Waals surface area contributed by atoms with Crippen molar-refractivity contribution in [2.24, 2.45) is 5.10 Å². The zero-order chi connectivity index (χ0) is 19.8. The first-order valence-electron chi connectivity index (χ1n) is 8.68. The molecule has 0 aliphatic heterocycles. The van der Waals surface area contributed by atoms with Crippen LogP contribution in [0.25, 0.3) is 0 Å². The molecule has 0 heterocycles. The van der Waals surface area contributed by atoms with Crippen molar-refractivity contribution >= 4 is 35.5 Å². The SMILES string of the molecule is C[C@H](Sc1ccc(Cl)cc1)C(=O)N/N=C\c1ccc(Oc2ccccc2)cc1. The molecule has 28 heavy (non-hydrogen) atoms. The third kappa shape index (κ3) is 6.15. The van der Waals surface area contributed by atoms with Crippen LogP contribution in [0.15, 0.2) is 88.9 Å². The smallest absolute Gasteiger partial charge is 0.253 e. The van der Waals surface area contributed by atoms with E-state index in [0.29, 0.717) is 5.02 Å². The minimum absolute atomic E-state index is 0.166. The van der Waals surface area contributed by atoms with Crippen LogP contribution in [0, 0.1) is 0 Å². The number of halogens is 1. The Morgan fingerprint density at radius 2 is 1.64 bits per heavy atom. The lowest BCUT2D eigenvalue weighted by Gasteiger charge is -2.09. The highest BCUT2D eigenvalue weighted by Crippen LogP contribution is 2.24. The van der Waals surface area contributed by atoms with Gasteiger partial charge in [-0.15, -0.1) is 11.8 Å². The highest BCUT2D eigenvalue weighted by Gasteiger charge is 2.13. The molecule has 3 aromatic rings. The number of para-hydroxylation sites is 1. The molecule has 0 unspecified atom stereocenters. The zero-order valence-electron chi connectivity index (χ0n) is 15.2. The minimum atomic E-state index is -0.278. The van der Waals surface area contributed by atoms with Crippen molar-refractivity contribution in [3.05, 3.63) is 89.4 Å². The fourth-order valence-corrected chi connectivity index (χ4v) is 3.27. The summed E-state index contributed by atoms with van der Waals surface area (Å²) in [6.07, 6.45) is 1.60. The topological polar surface area (TPSA) is 50.7 Å². The summed E-state index contributed by atoms with van der Waals surface area (Å²) in [5.41, 5.74) is 3.43.